The van der Waals surface area contributed by atoms with Crippen LogP contribution in [0.2, 0.25) is 0 Å². The van der Waals surface area contributed by atoms with Gasteiger partial charge in [-0.1, -0.05) is 56.3 Å². The molecule has 214 valence electrons. The van der Waals surface area contributed by atoms with E-state index in [1.54, 1.807) is 6.08 Å². The van der Waals surface area contributed by atoms with Crippen molar-refractivity contribution in [3.8, 4) is 5.75 Å². The first-order valence-electron chi connectivity index (χ1n) is 14.9. The summed E-state index contributed by atoms with van der Waals surface area (Å²) in [6.07, 6.45) is 13.1. The molecule has 0 amide bonds. The van der Waals surface area contributed by atoms with Gasteiger partial charge < -0.3 is 9.84 Å². The molecule has 5 heteroatoms. The summed E-state index contributed by atoms with van der Waals surface area (Å²) in [5, 5.41) is 9.77. The van der Waals surface area contributed by atoms with Gasteiger partial charge in [-0.05, 0) is 103 Å². The number of hydrogen-bond donors (Lipinski definition) is 1. The average Bonchev–Trinajstić information content (AvgIpc) is 3.31. The minimum atomic E-state index is -0.224. The fourth-order valence-corrected chi connectivity index (χ4v) is 7.83. The van der Waals surface area contributed by atoms with E-state index in [-0.39, 0.29) is 35.0 Å². The Morgan fingerprint density at radius 2 is 1.88 bits per heavy atom. The molecule has 1 N–H and O–H groups in total. The first-order chi connectivity index (χ1) is 19.7. The molecule has 0 saturated heterocycles. The summed E-state index contributed by atoms with van der Waals surface area (Å²) in [7, 11) is 0. The minimum Gasteiger partial charge on any atom is -0.508 e. The Morgan fingerprint density at radius 3 is 2.61 bits per heavy atom. The van der Waals surface area contributed by atoms with Gasteiger partial charge in [-0.15, -0.1) is 6.58 Å². The molecule has 2 aromatic rings. The monoisotopic (exact) mass is 552 g/mol. The lowest BCUT2D eigenvalue weighted by atomic mass is 9.55. The number of ether oxygens (including phenoxy) is 1. The van der Waals surface area contributed by atoms with E-state index in [2.05, 4.69) is 19.6 Å². The summed E-state index contributed by atoms with van der Waals surface area (Å²) < 4.78 is 5.83. The van der Waals surface area contributed by atoms with Crippen LogP contribution < -0.4 is 0 Å². The highest BCUT2D eigenvalue weighted by Gasteiger charge is 2.56. The zero-order chi connectivity index (χ0) is 29.1. The highest BCUT2D eigenvalue weighted by atomic mass is 16.5. The van der Waals surface area contributed by atoms with Crippen molar-refractivity contribution in [1.82, 2.24) is 0 Å². The molecule has 6 rings (SSSR count). The summed E-state index contributed by atoms with van der Waals surface area (Å²) in [6, 6.07) is 15.5. The minimum absolute atomic E-state index is 0.0477. The first-order valence-corrected chi connectivity index (χ1v) is 14.9. The van der Waals surface area contributed by atoms with Crippen molar-refractivity contribution in [3.63, 3.8) is 0 Å². The second-order valence-electron chi connectivity index (χ2n) is 12.1. The number of allylic oxidation sites excluding steroid dienone is 5. The predicted molar refractivity (Wildman–Crippen MR) is 160 cm³/mol. The van der Waals surface area contributed by atoms with Gasteiger partial charge in [0.2, 0.25) is 0 Å². The Morgan fingerprint density at radius 1 is 1.10 bits per heavy atom. The molecule has 2 saturated carbocycles. The molecule has 6 atom stereocenters. The maximum absolute atomic E-state index is 11.8. The van der Waals surface area contributed by atoms with Gasteiger partial charge in [-0.3, -0.25) is 14.4 Å². The quantitative estimate of drug-likeness (QED) is 0.242. The van der Waals surface area contributed by atoms with E-state index in [1.165, 1.54) is 48.6 Å². The van der Waals surface area contributed by atoms with Crippen molar-refractivity contribution in [2.75, 3.05) is 0 Å². The van der Waals surface area contributed by atoms with Crippen molar-refractivity contribution in [2.45, 2.75) is 76.7 Å². The number of carbonyl (C=O) groups is 3. The van der Waals surface area contributed by atoms with Crippen molar-refractivity contribution < 1.29 is 24.2 Å². The number of hydrogen-bond acceptors (Lipinski definition) is 5. The van der Waals surface area contributed by atoms with Crippen molar-refractivity contribution in [3.05, 3.63) is 102 Å². The third kappa shape index (κ3) is 5.72. The number of ketones is 2. The van der Waals surface area contributed by atoms with Crippen LogP contribution in [0.3, 0.4) is 0 Å². The normalized spacial score (nSPS) is 28.7. The molecule has 4 aliphatic carbocycles. The maximum atomic E-state index is 11.8. The van der Waals surface area contributed by atoms with Gasteiger partial charge in [-0.2, -0.15) is 0 Å². The Hall–Kier alpha value is -3.73. The number of aryl methyl sites for hydroxylation is 1. The number of fused-ring (bicyclic) bond motifs is 5. The van der Waals surface area contributed by atoms with Gasteiger partial charge in [0.1, 0.15) is 11.9 Å². The molecule has 0 bridgehead atoms. The number of esters is 1. The largest absolute Gasteiger partial charge is 0.508 e. The lowest BCUT2D eigenvalue weighted by molar-refractivity contribution is -0.157. The smallest absolute Gasteiger partial charge is 0.305 e. The van der Waals surface area contributed by atoms with E-state index in [0.29, 0.717) is 35.5 Å². The van der Waals surface area contributed by atoms with E-state index in [1.807, 2.05) is 49.4 Å². The second kappa shape index (κ2) is 12.0. The molecule has 41 heavy (non-hydrogen) atoms. The summed E-state index contributed by atoms with van der Waals surface area (Å²) in [5.74, 6) is 1.82. The third-order valence-corrected chi connectivity index (χ3v) is 9.90. The first kappa shape index (κ1) is 28.8. The van der Waals surface area contributed by atoms with Gasteiger partial charge in [-0.25, -0.2) is 0 Å². The van der Waals surface area contributed by atoms with Crippen LogP contribution in [0.5, 0.6) is 5.75 Å². The van der Waals surface area contributed by atoms with Gasteiger partial charge in [0.25, 0.3) is 0 Å². The molecule has 0 radical (unpaired) electrons. The molecule has 5 nitrogen and oxygen atoms in total. The van der Waals surface area contributed by atoms with Crippen molar-refractivity contribution in [1.29, 1.82) is 0 Å². The van der Waals surface area contributed by atoms with Gasteiger partial charge in [0.05, 0.1) is 0 Å². The molecular formula is C36H40O5. The van der Waals surface area contributed by atoms with Crippen LogP contribution in [0.4, 0.5) is 0 Å². The fourth-order valence-electron chi connectivity index (χ4n) is 7.83. The summed E-state index contributed by atoms with van der Waals surface area (Å²) in [6.45, 7) is 7.98. The molecular weight excluding hydrogens is 512 g/mol. The number of phenolic OH excluding ortho intramolecular Hbond substituents is 1. The number of aromatic hydroxyl groups is 1. The van der Waals surface area contributed by atoms with Gasteiger partial charge in [0, 0.05) is 23.3 Å². The number of benzene rings is 2. The standard InChI is InChI=1S/C21H28O3.C15H12O2/c1-3-20(23)24-19-9-8-18-17-6-4-13-12-14(22)5-7-15(13)16(17)10-11-21(18,19)2;1-2-13(11-6-4-3-5-7-11)14-10-12(16)8-9-15(14)17/h5,7,12,16-19,22H,3-4,6,8-11H2,1-2H3;2-10,13H,1H2. The van der Waals surface area contributed by atoms with E-state index < -0.39 is 0 Å². The zero-order valence-electron chi connectivity index (χ0n) is 24.1. The molecule has 0 heterocycles. The lowest BCUT2D eigenvalue weighted by Gasteiger charge is -2.50. The van der Waals surface area contributed by atoms with Crippen LogP contribution in [-0.2, 0) is 25.5 Å². The van der Waals surface area contributed by atoms with Gasteiger partial charge in [0.15, 0.2) is 11.6 Å². The van der Waals surface area contributed by atoms with Crippen LogP contribution in [0.15, 0.2) is 85.0 Å². The van der Waals surface area contributed by atoms with Crippen LogP contribution in [0, 0.1) is 17.3 Å². The van der Waals surface area contributed by atoms with Crippen LogP contribution in [0.25, 0.3) is 0 Å². The maximum Gasteiger partial charge on any atom is 0.305 e. The number of carbonyl (C=O) groups excluding carboxylic acids is 3. The topological polar surface area (TPSA) is 80.7 Å². The molecule has 6 unspecified atom stereocenters. The van der Waals surface area contributed by atoms with E-state index in [4.69, 9.17) is 4.74 Å². The summed E-state index contributed by atoms with van der Waals surface area (Å²) >= 11 is 0. The predicted octanol–water partition coefficient (Wildman–Crippen LogP) is 7.16. The average molecular weight is 553 g/mol. The Kier molecular flexibility index (Phi) is 8.44. The molecule has 0 spiro atoms. The summed E-state index contributed by atoms with van der Waals surface area (Å²) in [4.78, 5) is 34.9. The number of phenols is 1. The molecule has 0 aliphatic heterocycles. The molecule has 2 fully saturated rings. The highest BCUT2D eigenvalue weighted by Crippen LogP contribution is 2.61. The molecule has 4 aliphatic rings. The third-order valence-electron chi connectivity index (χ3n) is 9.90. The van der Waals surface area contributed by atoms with Crippen LogP contribution in [0.1, 0.15) is 80.9 Å². The Labute approximate surface area is 243 Å². The molecule has 2 aromatic carbocycles. The Bertz CT molecular complexity index is 1390. The SMILES string of the molecule is C=CC(C1=CC(=O)C=CC1=O)c1ccccc1.CCC(=O)OC1CCC2C3CCc4cc(O)ccc4C3CCC12C. The Balaban J connectivity index is 0.000000175. The zero-order valence-corrected chi connectivity index (χ0v) is 24.1. The fraction of sp³-hybridized carbons (Fsp3) is 0.417. The van der Waals surface area contributed by atoms with E-state index in [9.17, 15) is 19.5 Å². The van der Waals surface area contributed by atoms with Crippen molar-refractivity contribution in [2.24, 2.45) is 17.3 Å². The second-order valence-corrected chi connectivity index (χ2v) is 12.1. The summed E-state index contributed by atoms with van der Waals surface area (Å²) in [5.41, 5.74) is 4.40. The van der Waals surface area contributed by atoms with E-state index in [0.717, 1.165) is 24.8 Å². The van der Waals surface area contributed by atoms with Gasteiger partial charge >= 0.3 is 5.97 Å². The van der Waals surface area contributed by atoms with Crippen LogP contribution in [-0.4, -0.2) is 28.7 Å². The van der Waals surface area contributed by atoms with Crippen molar-refractivity contribution >= 4 is 17.5 Å². The number of rotatable bonds is 5. The molecule has 0 aromatic heterocycles. The lowest BCUT2D eigenvalue weighted by Crippen LogP contribution is -2.45. The highest BCUT2D eigenvalue weighted by molar-refractivity contribution is 6.18. The van der Waals surface area contributed by atoms with E-state index >= 15 is 0 Å². The van der Waals surface area contributed by atoms with Crippen LogP contribution >= 0.6 is 0 Å².